The number of benzene rings is 1. The summed E-state index contributed by atoms with van der Waals surface area (Å²) in [5.74, 6) is 1.06. The molecule has 3 nitrogen and oxygen atoms in total. The summed E-state index contributed by atoms with van der Waals surface area (Å²) < 4.78 is 5.93. The second-order valence-electron chi connectivity index (χ2n) is 6.83. The van der Waals surface area contributed by atoms with Crippen molar-refractivity contribution in [1.29, 1.82) is 0 Å². The summed E-state index contributed by atoms with van der Waals surface area (Å²) in [6.45, 7) is 7.19. The van der Waals surface area contributed by atoms with Gasteiger partial charge in [-0.05, 0) is 31.7 Å². The molecule has 0 amide bonds. The molecule has 3 atom stereocenters. The number of rotatable bonds is 2. The highest BCUT2D eigenvalue weighted by atomic mass is 16.5. The minimum atomic E-state index is -0.181. The first-order valence-electron chi connectivity index (χ1n) is 7.66. The molecule has 3 unspecified atom stereocenters. The fourth-order valence-corrected chi connectivity index (χ4v) is 3.37. The van der Waals surface area contributed by atoms with Gasteiger partial charge >= 0.3 is 0 Å². The largest absolute Gasteiger partial charge is 0.493 e. The Bertz CT molecular complexity index is 498. The highest BCUT2D eigenvalue weighted by Crippen LogP contribution is 2.43. The van der Waals surface area contributed by atoms with E-state index in [2.05, 4.69) is 44.3 Å². The van der Waals surface area contributed by atoms with Gasteiger partial charge in [0.05, 0.1) is 12.7 Å². The SMILES string of the molecule is Cc1cccc2c1OCCCC2NC1CC(O)C1(C)C. The first-order chi connectivity index (χ1) is 9.50. The zero-order valence-electron chi connectivity index (χ0n) is 12.6. The minimum absolute atomic E-state index is 0.0306. The van der Waals surface area contributed by atoms with Crippen LogP contribution in [0.5, 0.6) is 5.75 Å². The van der Waals surface area contributed by atoms with Crippen LogP contribution in [0.2, 0.25) is 0 Å². The molecule has 1 aliphatic heterocycles. The first kappa shape index (κ1) is 13.9. The van der Waals surface area contributed by atoms with Gasteiger partial charge in [-0.25, -0.2) is 0 Å². The first-order valence-corrected chi connectivity index (χ1v) is 7.66. The lowest BCUT2D eigenvalue weighted by atomic mass is 9.64. The number of fused-ring (bicyclic) bond motifs is 1. The predicted octanol–water partition coefficient (Wildman–Crippen LogP) is 2.96. The number of aliphatic hydroxyl groups excluding tert-OH is 1. The van der Waals surface area contributed by atoms with E-state index in [9.17, 15) is 5.11 Å². The summed E-state index contributed by atoms with van der Waals surface area (Å²) in [5.41, 5.74) is 2.46. The second kappa shape index (κ2) is 5.05. The van der Waals surface area contributed by atoms with Gasteiger partial charge in [-0.15, -0.1) is 0 Å². The summed E-state index contributed by atoms with van der Waals surface area (Å²) in [6, 6.07) is 7.11. The Kier molecular flexibility index (Phi) is 3.51. The Hall–Kier alpha value is -1.06. The summed E-state index contributed by atoms with van der Waals surface area (Å²) in [5, 5.41) is 13.7. The molecule has 0 spiro atoms. The summed E-state index contributed by atoms with van der Waals surface area (Å²) >= 11 is 0. The number of hydrogen-bond donors (Lipinski definition) is 2. The van der Waals surface area contributed by atoms with Crippen molar-refractivity contribution in [3.8, 4) is 5.75 Å². The lowest BCUT2D eigenvalue weighted by Crippen LogP contribution is -2.60. The number of aryl methyl sites for hydroxylation is 1. The molecular formula is C17H25NO2. The Morgan fingerprint density at radius 1 is 1.35 bits per heavy atom. The smallest absolute Gasteiger partial charge is 0.126 e. The third kappa shape index (κ3) is 2.23. The molecule has 0 bridgehead atoms. The van der Waals surface area contributed by atoms with Gasteiger partial charge in [0.2, 0.25) is 0 Å². The van der Waals surface area contributed by atoms with Crippen molar-refractivity contribution in [3.05, 3.63) is 29.3 Å². The van der Waals surface area contributed by atoms with E-state index < -0.39 is 0 Å². The van der Waals surface area contributed by atoms with Crippen molar-refractivity contribution in [1.82, 2.24) is 5.32 Å². The molecular weight excluding hydrogens is 250 g/mol. The van der Waals surface area contributed by atoms with Gasteiger partial charge in [0.1, 0.15) is 5.75 Å². The molecule has 2 aliphatic rings. The Morgan fingerprint density at radius 2 is 2.15 bits per heavy atom. The normalized spacial score (nSPS) is 31.7. The molecule has 1 aromatic rings. The summed E-state index contributed by atoms with van der Waals surface area (Å²) in [7, 11) is 0. The standard InChI is InChI=1S/C17H25NO2/c1-11-6-4-7-12-13(8-5-9-20-16(11)12)18-14-10-15(19)17(14,2)3/h4,6-7,13-15,18-19H,5,8-10H2,1-3H3. The van der Waals surface area contributed by atoms with Gasteiger partial charge in [0.25, 0.3) is 0 Å². The van der Waals surface area contributed by atoms with Crippen molar-refractivity contribution in [2.24, 2.45) is 5.41 Å². The summed E-state index contributed by atoms with van der Waals surface area (Å²) in [6.07, 6.45) is 2.84. The van der Waals surface area contributed by atoms with E-state index in [1.165, 1.54) is 11.1 Å². The zero-order chi connectivity index (χ0) is 14.3. The molecule has 0 radical (unpaired) electrons. The van der Waals surface area contributed by atoms with Crippen molar-refractivity contribution in [2.45, 2.75) is 58.2 Å². The molecule has 3 rings (SSSR count). The Balaban J connectivity index is 1.83. The number of nitrogens with one attached hydrogen (secondary N) is 1. The van der Waals surface area contributed by atoms with Gasteiger partial charge < -0.3 is 15.2 Å². The van der Waals surface area contributed by atoms with Crippen molar-refractivity contribution in [2.75, 3.05) is 6.61 Å². The maximum atomic E-state index is 9.91. The van der Waals surface area contributed by atoms with Gasteiger partial charge in [0, 0.05) is 23.1 Å². The Morgan fingerprint density at radius 3 is 2.85 bits per heavy atom. The van der Waals surface area contributed by atoms with E-state index in [0.29, 0.717) is 12.1 Å². The zero-order valence-corrected chi connectivity index (χ0v) is 12.6. The van der Waals surface area contributed by atoms with Gasteiger partial charge in [-0.1, -0.05) is 32.0 Å². The van der Waals surface area contributed by atoms with Crippen LogP contribution < -0.4 is 10.1 Å². The molecule has 1 aliphatic carbocycles. The van der Waals surface area contributed by atoms with Crippen LogP contribution in [0, 0.1) is 12.3 Å². The Labute approximate surface area is 121 Å². The van der Waals surface area contributed by atoms with Crippen LogP contribution in [0.1, 0.15) is 50.3 Å². The van der Waals surface area contributed by atoms with E-state index in [4.69, 9.17) is 4.74 Å². The van der Waals surface area contributed by atoms with E-state index in [1.807, 2.05) is 0 Å². The predicted molar refractivity (Wildman–Crippen MR) is 80.0 cm³/mol. The number of ether oxygens (including phenoxy) is 1. The van der Waals surface area contributed by atoms with Crippen LogP contribution in [0.4, 0.5) is 0 Å². The van der Waals surface area contributed by atoms with Crippen LogP contribution in [0.25, 0.3) is 0 Å². The summed E-state index contributed by atoms with van der Waals surface area (Å²) in [4.78, 5) is 0. The van der Waals surface area contributed by atoms with Crippen LogP contribution >= 0.6 is 0 Å². The molecule has 0 aromatic heterocycles. The molecule has 0 saturated heterocycles. The van der Waals surface area contributed by atoms with E-state index in [0.717, 1.165) is 31.6 Å². The monoisotopic (exact) mass is 275 g/mol. The molecule has 110 valence electrons. The van der Waals surface area contributed by atoms with Gasteiger partial charge in [-0.3, -0.25) is 0 Å². The maximum Gasteiger partial charge on any atom is 0.126 e. The molecule has 1 fully saturated rings. The van der Waals surface area contributed by atoms with E-state index in [1.54, 1.807) is 0 Å². The number of para-hydroxylation sites is 1. The average molecular weight is 275 g/mol. The van der Waals surface area contributed by atoms with Crippen molar-refractivity contribution >= 4 is 0 Å². The van der Waals surface area contributed by atoms with E-state index >= 15 is 0 Å². The molecule has 20 heavy (non-hydrogen) atoms. The van der Waals surface area contributed by atoms with E-state index in [-0.39, 0.29) is 11.5 Å². The highest BCUT2D eigenvalue weighted by molar-refractivity contribution is 5.43. The third-order valence-electron chi connectivity index (χ3n) is 5.12. The average Bonchev–Trinajstić information content (AvgIpc) is 2.62. The fraction of sp³-hybridized carbons (Fsp3) is 0.647. The van der Waals surface area contributed by atoms with Gasteiger partial charge in [0.15, 0.2) is 0 Å². The maximum absolute atomic E-state index is 9.91. The lowest BCUT2D eigenvalue weighted by Gasteiger charge is -2.51. The highest BCUT2D eigenvalue weighted by Gasteiger charge is 2.48. The quantitative estimate of drug-likeness (QED) is 0.872. The fourth-order valence-electron chi connectivity index (χ4n) is 3.37. The second-order valence-corrected chi connectivity index (χ2v) is 6.83. The molecule has 1 saturated carbocycles. The van der Waals surface area contributed by atoms with Crippen molar-refractivity contribution < 1.29 is 9.84 Å². The van der Waals surface area contributed by atoms with Crippen LogP contribution in [0.15, 0.2) is 18.2 Å². The molecule has 1 heterocycles. The number of aliphatic hydroxyl groups is 1. The van der Waals surface area contributed by atoms with Crippen LogP contribution in [0.3, 0.4) is 0 Å². The third-order valence-corrected chi connectivity index (χ3v) is 5.12. The topological polar surface area (TPSA) is 41.5 Å². The molecule has 3 heteroatoms. The minimum Gasteiger partial charge on any atom is -0.493 e. The molecule has 1 aromatic carbocycles. The lowest BCUT2D eigenvalue weighted by molar-refractivity contribution is -0.0763. The van der Waals surface area contributed by atoms with Crippen LogP contribution in [-0.2, 0) is 0 Å². The van der Waals surface area contributed by atoms with Crippen LogP contribution in [-0.4, -0.2) is 23.9 Å². The molecule has 2 N–H and O–H groups in total. The number of hydrogen-bond acceptors (Lipinski definition) is 3. The van der Waals surface area contributed by atoms with Crippen molar-refractivity contribution in [3.63, 3.8) is 0 Å². The van der Waals surface area contributed by atoms with Gasteiger partial charge in [-0.2, -0.15) is 0 Å².